The first-order chi connectivity index (χ1) is 7.65. The quantitative estimate of drug-likeness (QED) is 0.747. The topological polar surface area (TPSA) is 55.1 Å². The summed E-state index contributed by atoms with van der Waals surface area (Å²) in [7, 11) is 0. The van der Waals surface area contributed by atoms with Gasteiger partial charge in [0.1, 0.15) is 0 Å². The second kappa shape index (κ2) is 6.43. The Morgan fingerprint density at radius 2 is 2.25 bits per heavy atom. The molecular formula is C12H18N2OS. The summed E-state index contributed by atoms with van der Waals surface area (Å²) in [5.74, 6) is 0.780. The monoisotopic (exact) mass is 238 g/mol. The maximum Gasteiger partial charge on any atom is 0.248 e. The van der Waals surface area contributed by atoms with Crippen molar-refractivity contribution in [2.45, 2.75) is 13.3 Å². The highest BCUT2D eigenvalue weighted by molar-refractivity contribution is 7.98. The van der Waals surface area contributed by atoms with Crippen LogP contribution in [-0.4, -0.2) is 24.5 Å². The van der Waals surface area contributed by atoms with Crippen LogP contribution in [0.5, 0.6) is 0 Å². The molecule has 0 aromatic heterocycles. The van der Waals surface area contributed by atoms with Crippen LogP contribution in [-0.2, 0) is 0 Å². The van der Waals surface area contributed by atoms with E-state index in [1.165, 1.54) is 0 Å². The lowest BCUT2D eigenvalue weighted by Crippen LogP contribution is -2.11. The third kappa shape index (κ3) is 3.77. The van der Waals surface area contributed by atoms with Gasteiger partial charge >= 0.3 is 0 Å². The minimum atomic E-state index is -0.378. The molecule has 1 aromatic carbocycles. The molecule has 3 N–H and O–H groups in total. The number of amides is 1. The van der Waals surface area contributed by atoms with E-state index in [9.17, 15) is 4.79 Å². The van der Waals surface area contributed by atoms with Gasteiger partial charge in [0.15, 0.2) is 0 Å². The summed E-state index contributed by atoms with van der Waals surface area (Å²) in [4.78, 5) is 11.0. The van der Waals surface area contributed by atoms with Crippen molar-refractivity contribution in [3.05, 3.63) is 29.3 Å². The molecule has 0 heterocycles. The first-order valence-corrected chi connectivity index (χ1v) is 6.68. The van der Waals surface area contributed by atoms with E-state index in [1.54, 1.807) is 6.07 Å². The standard InChI is InChI=1S/C12H18N2OS/c1-9-8-10(12(13)15)4-5-11(9)14-6-3-7-16-2/h4-5,8,14H,3,6-7H2,1-2H3,(H2,13,15). The Kier molecular flexibility index (Phi) is 5.19. The Bertz CT molecular complexity index is 366. The Labute approximate surface area is 101 Å². The van der Waals surface area contributed by atoms with Crippen LogP contribution in [0.25, 0.3) is 0 Å². The van der Waals surface area contributed by atoms with Crippen LogP contribution in [0, 0.1) is 6.92 Å². The molecule has 0 saturated carbocycles. The van der Waals surface area contributed by atoms with Gasteiger partial charge in [-0.15, -0.1) is 0 Å². The van der Waals surface area contributed by atoms with Gasteiger partial charge in [-0.25, -0.2) is 0 Å². The number of hydrogen-bond donors (Lipinski definition) is 2. The van der Waals surface area contributed by atoms with E-state index in [0.717, 1.165) is 30.0 Å². The summed E-state index contributed by atoms with van der Waals surface area (Å²) in [6, 6.07) is 5.49. The number of nitrogens with two attached hydrogens (primary N) is 1. The van der Waals surface area contributed by atoms with Gasteiger partial charge in [-0.2, -0.15) is 11.8 Å². The molecule has 0 unspecified atom stereocenters. The molecule has 0 bridgehead atoms. The number of carbonyl (C=O) groups is 1. The summed E-state index contributed by atoms with van der Waals surface area (Å²) < 4.78 is 0. The van der Waals surface area contributed by atoms with Gasteiger partial charge in [0.2, 0.25) is 5.91 Å². The summed E-state index contributed by atoms with van der Waals surface area (Å²) in [5, 5.41) is 3.35. The number of hydrogen-bond acceptors (Lipinski definition) is 3. The van der Waals surface area contributed by atoms with Crippen molar-refractivity contribution in [3.8, 4) is 0 Å². The summed E-state index contributed by atoms with van der Waals surface area (Å²) in [6.45, 7) is 2.93. The highest BCUT2D eigenvalue weighted by Gasteiger charge is 2.03. The van der Waals surface area contributed by atoms with Crippen LogP contribution < -0.4 is 11.1 Å². The first kappa shape index (κ1) is 12.9. The molecule has 0 aliphatic carbocycles. The van der Waals surface area contributed by atoms with E-state index >= 15 is 0 Å². The number of rotatable bonds is 6. The lowest BCUT2D eigenvalue weighted by molar-refractivity contribution is 0.100. The van der Waals surface area contributed by atoms with Crippen LogP contribution in [0.2, 0.25) is 0 Å². The maximum absolute atomic E-state index is 11.0. The number of carbonyl (C=O) groups excluding carboxylic acids is 1. The number of thioether (sulfide) groups is 1. The second-order valence-corrected chi connectivity index (χ2v) is 4.65. The average molecular weight is 238 g/mol. The van der Waals surface area contributed by atoms with E-state index in [-0.39, 0.29) is 5.91 Å². The van der Waals surface area contributed by atoms with E-state index in [2.05, 4.69) is 11.6 Å². The van der Waals surface area contributed by atoms with Crippen molar-refractivity contribution in [3.63, 3.8) is 0 Å². The van der Waals surface area contributed by atoms with Crippen LogP contribution in [0.15, 0.2) is 18.2 Å². The third-order valence-corrected chi connectivity index (χ3v) is 3.05. The van der Waals surface area contributed by atoms with Crippen molar-refractivity contribution >= 4 is 23.4 Å². The van der Waals surface area contributed by atoms with Crippen LogP contribution in [0.3, 0.4) is 0 Å². The zero-order chi connectivity index (χ0) is 12.0. The third-order valence-electron chi connectivity index (χ3n) is 2.35. The van der Waals surface area contributed by atoms with Gasteiger partial charge in [-0.05, 0) is 49.1 Å². The van der Waals surface area contributed by atoms with Crippen LogP contribution in [0.1, 0.15) is 22.3 Å². The number of benzene rings is 1. The van der Waals surface area contributed by atoms with Crippen molar-refractivity contribution in [2.24, 2.45) is 5.73 Å². The Balaban J connectivity index is 2.57. The Morgan fingerprint density at radius 1 is 1.50 bits per heavy atom. The van der Waals surface area contributed by atoms with Crippen molar-refractivity contribution in [1.29, 1.82) is 0 Å². The molecule has 0 spiro atoms. The van der Waals surface area contributed by atoms with Crippen molar-refractivity contribution < 1.29 is 4.79 Å². The van der Waals surface area contributed by atoms with Gasteiger partial charge < -0.3 is 11.1 Å². The molecule has 1 aromatic rings. The molecule has 0 aliphatic rings. The molecule has 88 valence electrons. The van der Waals surface area contributed by atoms with Crippen LogP contribution in [0.4, 0.5) is 5.69 Å². The molecule has 1 rings (SSSR count). The molecule has 0 radical (unpaired) electrons. The van der Waals surface area contributed by atoms with E-state index in [0.29, 0.717) is 5.56 Å². The SMILES string of the molecule is CSCCCNc1ccc(C(N)=O)cc1C. The maximum atomic E-state index is 11.0. The van der Waals surface area contributed by atoms with E-state index in [4.69, 9.17) is 5.73 Å². The minimum absolute atomic E-state index is 0.378. The molecule has 1 amide bonds. The second-order valence-electron chi connectivity index (χ2n) is 3.67. The van der Waals surface area contributed by atoms with Gasteiger partial charge in [0, 0.05) is 17.8 Å². The first-order valence-electron chi connectivity index (χ1n) is 5.28. The summed E-state index contributed by atoms with van der Waals surface area (Å²) >= 11 is 1.85. The van der Waals surface area contributed by atoms with Crippen LogP contribution >= 0.6 is 11.8 Å². The molecule has 3 nitrogen and oxygen atoms in total. The van der Waals surface area contributed by atoms with Gasteiger partial charge in [0.25, 0.3) is 0 Å². The molecule has 0 atom stereocenters. The highest BCUT2D eigenvalue weighted by Crippen LogP contribution is 2.16. The zero-order valence-electron chi connectivity index (χ0n) is 9.75. The molecule has 16 heavy (non-hydrogen) atoms. The van der Waals surface area contributed by atoms with E-state index in [1.807, 2.05) is 30.8 Å². The molecular weight excluding hydrogens is 220 g/mol. The van der Waals surface area contributed by atoms with Gasteiger partial charge in [-0.1, -0.05) is 0 Å². The van der Waals surface area contributed by atoms with Crippen molar-refractivity contribution in [1.82, 2.24) is 0 Å². The average Bonchev–Trinajstić information content (AvgIpc) is 2.26. The molecule has 0 aliphatic heterocycles. The Morgan fingerprint density at radius 3 is 2.81 bits per heavy atom. The lowest BCUT2D eigenvalue weighted by atomic mass is 10.1. The summed E-state index contributed by atoms with van der Waals surface area (Å²) in [6.07, 6.45) is 3.24. The molecule has 0 fully saturated rings. The number of nitrogens with one attached hydrogen (secondary N) is 1. The largest absolute Gasteiger partial charge is 0.385 e. The fourth-order valence-corrected chi connectivity index (χ4v) is 1.89. The fraction of sp³-hybridized carbons (Fsp3) is 0.417. The highest BCUT2D eigenvalue weighted by atomic mass is 32.2. The Hall–Kier alpha value is -1.16. The zero-order valence-corrected chi connectivity index (χ0v) is 10.6. The van der Waals surface area contributed by atoms with Gasteiger partial charge in [0.05, 0.1) is 0 Å². The normalized spacial score (nSPS) is 10.1. The minimum Gasteiger partial charge on any atom is -0.385 e. The van der Waals surface area contributed by atoms with Crippen molar-refractivity contribution in [2.75, 3.05) is 23.9 Å². The number of aryl methyl sites for hydroxylation is 1. The molecule has 4 heteroatoms. The predicted octanol–water partition coefficient (Wildman–Crippen LogP) is 2.26. The fourth-order valence-electron chi connectivity index (χ4n) is 1.45. The number of anilines is 1. The van der Waals surface area contributed by atoms with E-state index < -0.39 is 0 Å². The lowest BCUT2D eigenvalue weighted by Gasteiger charge is -2.09. The predicted molar refractivity (Wildman–Crippen MR) is 71.2 cm³/mol. The number of primary amides is 1. The summed E-state index contributed by atoms with van der Waals surface area (Å²) in [5.41, 5.74) is 7.90. The van der Waals surface area contributed by atoms with Gasteiger partial charge in [-0.3, -0.25) is 4.79 Å². The smallest absolute Gasteiger partial charge is 0.248 e. The molecule has 0 saturated heterocycles.